The minimum Gasteiger partial charge on any atom is -0.489 e. The summed E-state index contributed by atoms with van der Waals surface area (Å²) in [6, 6.07) is 15.9. The number of hydrazine groups is 2. The van der Waals surface area contributed by atoms with Crippen molar-refractivity contribution in [1.29, 1.82) is 0 Å². The van der Waals surface area contributed by atoms with Crippen molar-refractivity contribution in [2.45, 2.75) is 13.5 Å². The summed E-state index contributed by atoms with van der Waals surface area (Å²) in [7, 11) is 1.54. The Morgan fingerprint density at radius 1 is 1.14 bits per heavy atom. The second-order valence-electron chi connectivity index (χ2n) is 6.17. The number of aryl methyl sites for hydroxylation is 1. The molecule has 0 aliphatic carbocycles. The largest absolute Gasteiger partial charge is 0.489 e. The Kier molecular flexibility index (Phi) is 6.22. The van der Waals surface area contributed by atoms with Crippen LogP contribution in [0.3, 0.4) is 0 Å². The maximum atomic E-state index is 11.8. The minimum atomic E-state index is -0.628. The van der Waals surface area contributed by atoms with Gasteiger partial charge in [0.25, 0.3) is 0 Å². The summed E-state index contributed by atoms with van der Waals surface area (Å²) in [5, 5.41) is 9.09. The molecule has 0 atom stereocenters. The van der Waals surface area contributed by atoms with Crippen LogP contribution in [-0.2, 0) is 6.61 Å². The Hall–Kier alpha value is -3.69. The first-order chi connectivity index (χ1) is 14.0. The molecule has 3 rings (SSSR count). The highest BCUT2D eigenvalue weighted by Gasteiger charge is 2.16. The molecule has 9 heteroatoms. The third-order valence-corrected chi connectivity index (χ3v) is 4.35. The third kappa shape index (κ3) is 4.60. The highest BCUT2D eigenvalue weighted by atomic mass is 16.5. The number of carbonyl (C=O) groups is 1. The number of methoxy groups -OCH3 is 1. The summed E-state index contributed by atoms with van der Waals surface area (Å²) in [4.78, 5) is 11.8. The van der Waals surface area contributed by atoms with Crippen LogP contribution in [0.4, 0.5) is 10.5 Å². The molecular formula is C20H22N6O3. The molecule has 9 nitrogen and oxygen atoms in total. The number of aromatic nitrogens is 2. The molecule has 0 aliphatic heterocycles. The van der Waals surface area contributed by atoms with Crippen LogP contribution < -0.4 is 31.6 Å². The molecule has 0 bridgehead atoms. The van der Waals surface area contributed by atoms with Crippen LogP contribution in [0.5, 0.6) is 11.6 Å². The fraction of sp³-hybridized carbons (Fsp3) is 0.150. The number of urea groups is 1. The predicted molar refractivity (Wildman–Crippen MR) is 109 cm³/mol. The van der Waals surface area contributed by atoms with Gasteiger partial charge in [-0.1, -0.05) is 24.3 Å². The van der Waals surface area contributed by atoms with Crippen molar-refractivity contribution in [1.82, 2.24) is 15.6 Å². The molecule has 1 aromatic heterocycles. The van der Waals surface area contributed by atoms with Gasteiger partial charge in [-0.2, -0.15) is 0 Å². The van der Waals surface area contributed by atoms with Crippen LogP contribution in [0.1, 0.15) is 11.1 Å². The summed E-state index contributed by atoms with van der Waals surface area (Å²) in [6.07, 6.45) is 0. The minimum absolute atomic E-state index is 0.214. The molecule has 2 aromatic carbocycles. The lowest BCUT2D eigenvalue weighted by Crippen LogP contribution is -2.48. The van der Waals surface area contributed by atoms with Crippen LogP contribution in [0.15, 0.2) is 54.6 Å². The number of ether oxygens (including phenoxy) is 2. The van der Waals surface area contributed by atoms with Gasteiger partial charge in [0.15, 0.2) is 0 Å². The van der Waals surface area contributed by atoms with Crippen LogP contribution in [-0.4, -0.2) is 23.3 Å². The lowest BCUT2D eigenvalue weighted by molar-refractivity contribution is 0.246. The summed E-state index contributed by atoms with van der Waals surface area (Å²) in [5.41, 5.74) is 5.77. The molecule has 0 saturated heterocycles. The predicted octanol–water partition coefficient (Wildman–Crippen LogP) is 2.30. The lowest BCUT2D eigenvalue weighted by Gasteiger charge is -2.21. The zero-order chi connectivity index (χ0) is 20.8. The number of nitrogens with zero attached hydrogens (tertiary/aromatic N) is 3. The van der Waals surface area contributed by atoms with Crippen molar-refractivity contribution in [2.75, 3.05) is 12.1 Å². The van der Waals surface area contributed by atoms with Crippen molar-refractivity contribution in [3.8, 4) is 22.9 Å². The van der Waals surface area contributed by atoms with Gasteiger partial charge in [-0.25, -0.2) is 21.5 Å². The van der Waals surface area contributed by atoms with E-state index in [-0.39, 0.29) is 6.61 Å². The number of carbonyl (C=O) groups excluding carboxylic acids is 1. The first kappa shape index (κ1) is 20.1. The Morgan fingerprint density at radius 3 is 2.62 bits per heavy atom. The van der Waals surface area contributed by atoms with Gasteiger partial charge in [-0.15, -0.1) is 10.2 Å². The lowest BCUT2D eigenvalue weighted by atomic mass is 10.1. The molecule has 3 aromatic rings. The number of hydrogen-bond acceptors (Lipinski definition) is 7. The molecule has 5 N–H and O–H groups in total. The van der Waals surface area contributed by atoms with Gasteiger partial charge >= 0.3 is 6.03 Å². The zero-order valence-corrected chi connectivity index (χ0v) is 16.1. The quantitative estimate of drug-likeness (QED) is 0.332. The summed E-state index contributed by atoms with van der Waals surface area (Å²) >= 11 is 0. The molecular weight excluding hydrogens is 372 g/mol. The average Bonchev–Trinajstić information content (AvgIpc) is 2.77. The van der Waals surface area contributed by atoms with Crippen LogP contribution in [0.2, 0.25) is 0 Å². The Balaban J connectivity index is 1.81. The van der Waals surface area contributed by atoms with Gasteiger partial charge < -0.3 is 9.47 Å². The third-order valence-electron chi connectivity index (χ3n) is 4.35. The number of amides is 2. The molecule has 0 unspecified atom stereocenters. The molecule has 0 spiro atoms. The molecule has 0 fully saturated rings. The van der Waals surface area contributed by atoms with Crippen molar-refractivity contribution < 1.29 is 14.3 Å². The second-order valence-corrected chi connectivity index (χ2v) is 6.17. The molecule has 1 heterocycles. The van der Waals surface area contributed by atoms with E-state index in [1.807, 2.05) is 48.7 Å². The van der Waals surface area contributed by atoms with Gasteiger partial charge in [-0.3, -0.25) is 5.43 Å². The highest BCUT2D eigenvalue weighted by Crippen LogP contribution is 2.26. The molecule has 2 amide bonds. The maximum absolute atomic E-state index is 11.8. The van der Waals surface area contributed by atoms with E-state index in [2.05, 4.69) is 10.2 Å². The highest BCUT2D eigenvalue weighted by molar-refractivity contribution is 5.91. The van der Waals surface area contributed by atoms with Crippen LogP contribution >= 0.6 is 0 Å². The van der Waals surface area contributed by atoms with Gasteiger partial charge in [0.2, 0.25) is 5.88 Å². The van der Waals surface area contributed by atoms with Crippen molar-refractivity contribution in [3.05, 3.63) is 65.7 Å². The first-order valence-corrected chi connectivity index (χ1v) is 8.78. The molecule has 29 heavy (non-hydrogen) atoms. The number of rotatable bonds is 6. The van der Waals surface area contributed by atoms with Crippen molar-refractivity contribution in [3.63, 3.8) is 0 Å². The Morgan fingerprint density at radius 2 is 1.93 bits per heavy atom. The van der Waals surface area contributed by atoms with Crippen LogP contribution in [0.25, 0.3) is 11.3 Å². The van der Waals surface area contributed by atoms with E-state index in [0.29, 0.717) is 23.0 Å². The number of benzene rings is 2. The summed E-state index contributed by atoms with van der Waals surface area (Å²) < 4.78 is 11.0. The monoisotopic (exact) mass is 394 g/mol. The number of nitrogens with two attached hydrogens (primary N) is 2. The fourth-order valence-corrected chi connectivity index (χ4v) is 2.76. The van der Waals surface area contributed by atoms with Crippen molar-refractivity contribution >= 4 is 11.7 Å². The molecule has 0 saturated carbocycles. The van der Waals surface area contributed by atoms with E-state index in [1.54, 1.807) is 18.2 Å². The topological polar surface area (TPSA) is 129 Å². The maximum Gasteiger partial charge on any atom is 0.350 e. The van der Waals surface area contributed by atoms with E-state index in [9.17, 15) is 4.79 Å². The first-order valence-electron chi connectivity index (χ1n) is 8.78. The van der Waals surface area contributed by atoms with E-state index in [0.717, 1.165) is 21.7 Å². The number of nitrogens with one attached hydrogen (secondary N) is 1. The van der Waals surface area contributed by atoms with Gasteiger partial charge in [-0.05, 0) is 36.8 Å². The van der Waals surface area contributed by atoms with Gasteiger partial charge in [0, 0.05) is 17.2 Å². The Labute approximate surface area is 168 Å². The van der Waals surface area contributed by atoms with E-state index in [1.165, 1.54) is 7.11 Å². The number of anilines is 1. The summed E-state index contributed by atoms with van der Waals surface area (Å²) in [5.74, 6) is 12.1. The van der Waals surface area contributed by atoms with E-state index < -0.39 is 6.03 Å². The fourth-order valence-electron chi connectivity index (χ4n) is 2.76. The number of hydrogen-bond donors (Lipinski definition) is 3. The van der Waals surface area contributed by atoms with E-state index in [4.69, 9.17) is 21.2 Å². The molecule has 150 valence electrons. The van der Waals surface area contributed by atoms with Crippen molar-refractivity contribution in [2.24, 2.45) is 11.7 Å². The summed E-state index contributed by atoms with van der Waals surface area (Å²) in [6.45, 7) is 2.13. The molecule has 0 radical (unpaired) electrons. The van der Waals surface area contributed by atoms with Crippen LogP contribution in [0, 0.1) is 6.92 Å². The SMILES string of the molecule is COc1ccc(-c2cccc(OCc3c(C)cccc3N(N)C(=O)NN)c2)nn1. The Bertz CT molecular complexity index is 994. The second kappa shape index (κ2) is 9.00. The normalized spacial score (nSPS) is 10.3. The molecule has 0 aliphatic rings. The zero-order valence-electron chi connectivity index (χ0n) is 16.1. The average molecular weight is 394 g/mol. The smallest absolute Gasteiger partial charge is 0.350 e. The van der Waals surface area contributed by atoms with E-state index >= 15 is 0 Å². The standard InChI is InChI=1S/C20H22N6O3/c1-13-5-3-8-18(26(22)20(27)23-21)16(13)12-29-15-7-4-6-14(11-15)17-9-10-19(28-2)25-24-17/h3-11H,12,21-22H2,1-2H3,(H,23,27). The van der Waals surface area contributed by atoms with Gasteiger partial charge in [0.1, 0.15) is 12.4 Å². The van der Waals surface area contributed by atoms with Gasteiger partial charge in [0.05, 0.1) is 18.5 Å².